The fraction of sp³-hybridized carbons (Fsp3) is 0.312. The van der Waals surface area contributed by atoms with Gasteiger partial charge in [-0.15, -0.1) is 11.3 Å². The van der Waals surface area contributed by atoms with Crippen LogP contribution in [-0.4, -0.2) is 18.6 Å². The number of nitrogens with zero attached hydrogens (tertiary/aromatic N) is 1. The zero-order chi connectivity index (χ0) is 14.7. The van der Waals surface area contributed by atoms with Crippen LogP contribution < -0.4 is 10.1 Å². The van der Waals surface area contributed by atoms with Gasteiger partial charge in [0.05, 0.1) is 18.2 Å². The summed E-state index contributed by atoms with van der Waals surface area (Å²) in [5.74, 6) is 1.70. The van der Waals surface area contributed by atoms with Crippen molar-refractivity contribution in [1.82, 2.24) is 10.3 Å². The zero-order valence-electron chi connectivity index (χ0n) is 12.1. The Labute approximate surface area is 127 Å². The van der Waals surface area contributed by atoms with Gasteiger partial charge in [-0.25, -0.2) is 4.98 Å². The van der Waals surface area contributed by atoms with Crippen molar-refractivity contribution in [2.45, 2.75) is 19.4 Å². The molecule has 0 spiro atoms. The van der Waals surface area contributed by atoms with Crippen molar-refractivity contribution in [1.29, 1.82) is 0 Å². The fourth-order valence-corrected chi connectivity index (χ4v) is 2.92. The van der Waals surface area contributed by atoms with Gasteiger partial charge in [0.15, 0.2) is 11.3 Å². The van der Waals surface area contributed by atoms with Crippen LogP contribution in [0, 0.1) is 0 Å². The quantitative estimate of drug-likeness (QED) is 0.752. The highest BCUT2D eigenvalue weighted by atomic mass is 32.1. The molecule has 0 saturated carbocycles. The van der Waals surface area contributed by atoms with Gasteiger partial charge in [-0.1, -0.05) is 12.1 Å². The fourth-order valence-electron chi connectivity index (χ4n) is 2.30. The Morgan fingerprint density at radius 1 is 1.43 bits per heavy atom. The van der Waals surface area contributed by atoms with Crippen molar-refractivity contribution in [3.05, 3.63) is 46.6 Å². The molecule has 0 aliphatic carbocycles. The summed E-state index contributed by atoms with van der Waals surface area (Å²) in [6.07, 6.45) is 2.78. The number of thiazole rings is 1. The highest BCUT2D eigenvalue weighted by Crippen LogP contribution is 2.30. The van der Waals surface area contributed by atoms with E-state index in [1.165, 1.54) is 0 Å². The van der Waals surface area contributed by atoms with Crippen LogP contribution >= 0.6 is 11.3 Å². The van der Waals surface area contributed by atoms with Gasteiger partial charge in [-0.3, -0.25) is 0 Å². The molecule has 1 N–H and O–H groups in total. The van der Waals surface area contributed by atoms with Crippen molar-refractivity contribution < 1.29 is 9.15 Å². The van der Waals surface area contributed by atoms with E-state index in [-0.39, 0.29) is 6.04 Å². The molecule has 21 heavy (non-hydrogen) atoms. The van der Waals surface area contributed by atoms with Crippen molar-refractivity contribution in [3.8, 4) is 5.75 Å². The van der Waals surface area contributed by atoms with Gasteiger partial charge in [0.1, 0.15) is 5.76 Å². The summed E-state index contributed by atoms with van der Waals surface area (Å²) >= 11 is 1.69. The van der Waals surface area contributed by atoms with E-state index in [4.69, 9.17) is 9.15 Å². The van der Waals surface area contributed by atoms with Crippen LogP contribution in [0.4, 0.5) is 0 Å². The van der Waals surface area contributed by atoms with Crippen LogP contribution in [0.5, 0.6) is 5.75 Å². The second-order valence-electron chi connectivity index (χ2n) is 4.88. The van der Waals surface area contributed by atoms with E-state index < -0.39 is 0 Å². The number of methoxy groups -OCH3 is 1. The molecule has 3 aromatic rings. The number of hydrogen-bond donors (Lipinski definition) is 1. The van der Waals surface area contributed by atoms with Gasteiger partial charge in [0, 0.05) is 29.9 Å². The lowest BCUT2D eigenvalue weighted by Gasteiger charge is -2.10. The molecule has 3 rings (SSSR count). The summed E-state index contributed by atoms with van der Waals surface area (Å²) in [5, 5.41) is 7.69. The van der Waals surface area contributed by atoms with E-state index in [1.807, 2.05) is 29.8 Å². The Morgan fingerprint density at radius 3 is 3.10 bits per heavy atom. The Kier molecular flexibility index (Phi) is 4.22. The monoisotopic (exact) mass is 302 g/mol. The Balaban J connectivity index is 1.68. The summed E-state index contributed by atoms with van der Waals surface area (Å²) in [7, 11) is 1.66. The molecule has 0 aliphatic rings. The molecule has 0 bridgehead atoms. The molecule has 0 saturated heterocycles. The minimum atomic E-state index is 0.155. The number of benzene rings is 1. The van der Waals surface area contributed by atoms with Gasteiger partial charge < -0.3 is 14.5 Å². The normalized spacial score (nSPS) is 12.7. The smallest absolute Gasteiger partial charge is 0.176 e. The molecular weight excluding hydrogens is 284 g/mol. The van der Waals surface area contributed by atoms with Gasteiger partial charge >= 0.3 is 0 Å². The number of fused-ring (bicyclic) bond motifs is 1. The summed E-state index contributed by atoms with van der Waals surface area (Å²) in [6.45, 7) is 2.98. The number of nitrogens with one attached hydrogen (secondary N) is 1. The third-order valence-electron chi connectivity index (χ3n) is 3.45. The Morgan fingerprint density at radius 2 is 2.33 bits per heavy atom. The second-order valence-corrected chi connectivity index (χ2v) is 5.86. The summed E-state index contributed by atoms with van der Waals surface area (Å²) in [4.78, 5) is 4.28. The van der Waals surface area contributed by atoms with Crippen molar-refractivity contribution >= 4 is 22.3 Å². The van der Waals surface area contributed by atoms with Crippen LogP contribution in [0.25, 0.3) is 11.0 Å². The van der Waals surface area contributed by atoms with Crippen molar-refractivity contribution in [2.24, 2.45) is 0 Å². The standard InChI is InChI=1S/C16H18N2O2S/c1-11(17-7-6-15-18-8-9-21-15)14-10-12-4-3-5-13(19-2)16(12)20-14/h3-5,8-11,17H,6-7H2,1-2H3. The molecule has 1 aromatic carbocycles. The number of para-hydroxylation sites is 1. The van der Waals surface area contributed by atoms with Gasteiger partial charge in [0.25, 0.3) is 0 Å². The van der Waals surface area contributed by atoms with Crippen LogP contribution in [0.15, 0.2) is 40.3 Å². The van der Waals surface area contributed by atoms with E-state index in [0.717, 1.165) is 40.5 Å². The zero-order valence-corrected chi connectivity index (χ0v) is 12.9. The van der Waals surface area contributed by atoms with Crippen LogP contribution in [-0.2, 0) is 6.42 Å². The summed E-state index contributed by atoms with van der Waals surface area (Å²) in [6, 6.07) is 8.14. The maximum atomic E-state index is 5.94. The maximum Gasteiger partial charge on any atom is 0.176 e. The third-order valence-corrected chi connectivity index (χ3v) is 4.29. The average molecular weight is 302 g/mol. The topological polar surface area (TPSA) is 47.3 Å². The number of aromatic nitrogens is 1. The van der Waals surface area contributed by atoms with Crippen molar-refractivity contribution in [3.63, 3.8) is 0 Å². The van der Waals surface area contributed by atoms with Gasteiger partial charge in [-0.2, -0.15) is 0 Å². The molecule has 1 atom stereocenters. The lowest BCUT2D eigenvalue weighted by atomic mass is 10.2. The van der Waals surface area contributed by atoms with Crippen LogP contribution in [0.3, 0.4) is 0 Å². The number of furan rings is 1. The number of ether oxygens (including phenoxy) is 1. The van der Waals surface area contributed by atoms with E-state index in [9.17, 15) is 0 Å². The number of hydrogen-bond acceptors (Lipinski definition) is 5. The lowest BCUT2D eigenvalue weighted by molar-refractivity contribution is 0.400. The minimum Gasteiger partial charge on any atom is -0.493 e. The largest absolute Gasteiger partial charge is 0.493 e. The lowest BCUT2D eigenvalue weighted by Crippen LogP contribution is -2.20. The molecule has 110 valence electrons. The summed E-state index contributed by atoms with van der Waals surface area (Å²) in [5.41, 5.74) is 0.809. The number of rotatable bonds is 6. The molecule has 5 heteroatoms. The average Bonchev–Trinajstić information content (AvgIpc) is 3.15. The second kappa shape index (κ2) is 6.28. The molecule has 2 heterocycles. The predicted molar refractivity (Wildman–Crippen MR) is 85.0 cm³/mol. The molecule has 0 aliphatic heterocycles. The van der Waals surface area contributed by atoms with E-state index in [0.29, 0.717) is 0 Å². The molecule has 2 aromatic heterocycles. The first-order valence-electron chi connectivity index (χ1n) is 6.96. The first-order chi connectivity index (χ1) is 10.3. The molecule has 0 radical (unpaired) electrons. The molecular formula is C16H18N2O2S. The predicted octanol–water partition coefficient (Wildman–Crippen LogP) is 3.79. The van der Waals surface area contributed by atoms with Crippen LogP contribution in [0.1, 0.15) is 23.7 Å². The van der Waals surface area contributed by atoms with Crippen molar-refractivity contribution in [2.75, 3.05) is 13.7 Å². The molecule has 0 amide bonds. The highest BCUT2D eigenvalue weighted by Gasteiger charge is 2.13. The van der Waals surface area contributed by atoms with E-state index in [1.54, 1.807) is 18.4 Å². The highest BCUT2D eigenvalue weighted by molar-refractivity contribution is 7.09. The molecule has 0 fully saturated rings. The Hall–Kier alpha value is -1.85. The van der Waals surface area contributed by atoms with Gasteiger partial charge in [-0.05, 0) is 19.1 Å². The molecule has 4 nitrogen and oxygen atoms in total. The first-order valence-corrected chi connectivity index (χ1v) is 7.84. The minimum absolute atomic E-state index is 0.155. The third kappa shape index (κ3) is 3.09. The first kappa shape index (κ1) is 14.1. The van der Waals surface area contributed by atoms with Crippen LogP contribution in [0.2, 0.25) is 0 Å². The van der Waals surface area contributed by atoms with Gasteiger partial charge in [0.2, 0.25) is 0 Å². The SMILES string of the molecule is COc1cccc2cc(C(C)NCCc3nccs3)oc12. The van der Waals surface area contributed by atoms with E-state index in [2.05, 4.69) is 23.3 Å². The summed E-state index contributed by atoms with van der Waals surface area (Å²) < 4.78 is 11.3. The van der Waals surface area contributed by atoms with E-state index >= 15 is 0 Å². The maximum absolute atomic E-state index is 5.94. The Bertz CT molecular complexity index is 706. The molecule has 1 unspecified atom stereocenters.